The van der Waals surface area contributed by atoms with E-state index in [2.05, 4.69) is 0 Å². The first-order chi connectivity index (χ1) is 5.74. The van der Waals surface area contributed by atoms with E-state index < -0.39 is 0 Å². The van der Waals surface area contributed by atoms with Gasteiger partial charge in [-0.3, -0.25) is 4.79 Å². The van der Waals surface area contributed by atoms with Gasteiger partial charge in [-0.1, -0.05) is 0 Å². The molecule has 1 heterocycles. The van der Waals surface area contributed by atoms with E-state index in [1.807, 2.05) is 0 Å². The molecule has 1 aliphatic rings. The van der Waals surface area contributed by atoms with Crippen LogP contribution in [0.15, 0.2) is 0 Å². The minimum Gasteiger partial charge on any atom is -0.394 e. The summed E-state index contributed by atoms with van der Waals surface area (Å²) in [4.78, 5) is 12.5. The summed E-state index contributed by atoms with van der Waals surface area (Å²) in [5, 5.41) is 8.42. The van der Waals surface area contributed by atoms with Crippen molar-refractivity contribution >= 4 is 5.91 Å². The lowest BCUT2D eigenvalue weighted by molar-refractivity contribution is -0.136. The van der Waals surface area contributed by atoms with E-state index in [-0.39, 0.29) is 12.5 Å². The number of rotatable bonds is 4. The van der Waals surface area contributed by atoms with Crippen molar-refractivity contribution in [3.05, 3.63) is 0 Å². The van der Waals surface area contributed by atoms with Crippen LogP contribution in [-0.2, 0) is 9.53 Å². The van der Waals surface area contributed by atoms with Crippen LogP contribution in [0.1, 0.15) is 6.92 Å². The summed E-state index contributed by atoms with van der Waals surface area (Å²) in [7, 11) is 0. The average Bonchev–Trinajstić information content (AvgIpc) is 1.93. The molecule has 4 nitrogen and oxygen atoms in total. The molecule has 0 saturated carbocycles. The molecule has 1 saturated heterocycles. The third-order valence-electron chi connectivity index (χ3n) is 1.99. The lowest BCUT2D eigenvalue weighted by Gasteiger charge is -2.38. The van der Waals surface area contributed by atoms with E-state index >= 15 is 0 Å². The van der Waals surface area contributed by atoms with Gasteiger partial charge in [0.1, 0.15) is 0 Å². The highest BCUT2D eigenvalue weighted by Crippen LogP contribution is 2.15. The summed E-state index contributed by atoms with van der Waals surface area (Å²) in [5.41, 5.74) is 0. The van der Waals surface area contributed by atoms with Gasteiger partial charge < -0.3 is 14.7 Å². The van der Waals surface area contributed by atoms with Gasteiger partial charge >= 0.3 is 0 Å². The zero-order chi connectivity index (χ0) is 8.97. The monoisotopic (exact) mass is 173 g/mol. The van der Waals surface area contributed by atoms with Gasteiger partial charge in [-0.15, -0.1) is 0 Å². The zero-order valence-corrected chi connectivity index (χ0v) is 7.32. The van der Waals surface area contributed by atoms with Gasteiger partial charge in [0.05, 0.1) is 19.8 Å². The van der Waals surface area contributed by atoms with Crippen molar-refractivity contribution in [2.75, 3.05) is 32.9 Å². The van der Waals surface area contributed by atoms with Crippen molar-refractivity contribution in [3.63, 3.8) is 0 Å². The van der Waals surface area contributed by atoms with Crippen molar-refractivity contribution in [1.82, 2.24) is 4.90 Å². The number of ether oxygens (including phenoxy) is 1. The number of hydrogen-bond acceptors (Lipinski definition) is 3. The zero-order valence-electron chi connectivity index (χ0n) is 7.32. The van der Waals surface area contributed by atoms with Crippen LogP contribution in [0.3, 0.4) is 0 Å². The van der Waals surface area contributed by atoms with Crippen molar-refractivity contribution in [2.24, 2.45) is 5.92 Å². The summed E-state index contributed by atoms with van der Waals surface area (Å²) >= 11 is 0. The van der Waals surface area contributed by atoms with Crippen LogP contribution in [-0.4, -0.2) is 48.8 Å². The molecule has 1 rings (SSSR count). The van der Waals surface area contributed by atoms with Gasteiger partial charge in [-0.2, -0.15) is 0 Å². The number of amides is 1. The number of hydrogen-bond donors (Lipinski definition) is 1. The predicted molar refractivity (Wildman–Crippen MR) is 43.6 cm³/mol. The molecule has 1 N–H and O–H groups in total. The Morgan fingerprint density at radius 2 is 2.33 bits per heavy atom. The number of nitrogens with zero attached hydrogens (tertiary/aromatic N) is 1. The third-order valence-corrected chi connectivity index (χ3v) is 1.99. The van der Waals surface area contributed by atoms with Crippen molar-refractivity contribution in [1.29, 1.82) is 0 Å². The fraction of sp³-hybridized carbons (Fsp3) is 0.875. The van der Waals surface area contributed by atoms with E-state index in [9.17, 15) is 4.79 Å². The first-order valence-corrected chi connectivity index (χ1v) is 4.18. The Bertz CT molecular complexity index is 154. The maximum absolute atomic E-state index is 10.7. The average molecular weight is 173 g/mol. The number of carbonyl (C=O) groups excluding carboxylic acids is 1. The van der Waals surface area contributed by atoms with E-state index in [1.54, 1.807) is 11.8 Å². The van der Waals surface area contributed by atoms with Crippen LogP contribution in [0.5, 0.6) is 0 Å². The van der Waals surface area contributed by atoms with Gasteiger partial charge in [0.2, 0.25) is 5.91 Å². The quantitative estimate of drug-likeness (QED) is 0.582. The Balaban J connectivity index is 1.98. The molecule has 0 aromatic heterocycles. The van der Waals surface area contributed by atoms with E-state index in [0.717, 1.165) is 13.1 Å². The fourth-order valence-electron chi connectivity index (χ4n) is 1.25. The van der Waals surface area contributed by atoms with Gasteiger partial charge in [0, 0.05) is 25.9 Å². The van der Waals surface area contributed by atoms with Gasteiger partial charge in [-0.05, 0) is 0 Å². The van der Waals surface area contributed by atoms with Gasteiger partial charge in [0.15, 0.2) is 0 Å². The molecule has 4 heteroatoms. The molecule has 0 unspecified atom stereocenters. The van der Waals surface area contributed by atoms with Crippen LogP contribution in [0.4, 0.5) is 0 Å². The van der Waals surface area contributed by atoms with Crippen molar-refractivity contribution < 1.29 is 14.6 Å². The van der Waals surface area contributed by atoms with Crippen molar-refractivity contribution in [2.45, 2.75) is 6.92 Å². The minimum atomic E-state index is 0.0726. The Kier molecular flexibility index (Phi) is 3.49. The van der Waals surface area contributed by atoms with E-state index in [4.69, 9.17) is 9.84 Å². The second-order valence-corrected chi connectivity index (χ2v) is 3.09. The Morgan fingerprint density at radius 3 is 2.83 bits per heavy atom. The second kappa shape index (κ2) is 4.42. The molecule has 0 bridgehead atoms. The molecule has 1 aliphatic heterocycles. The smallest absolute Gasteiger partial charge is 0.219 e. The number of carbonyl (C=O) groups is 1. The van der Waals surface area contributed by atoms with Crippen molar-refractivity contribution in [3.8, 4) is 0 Å². The van der Waals surface area contributed by atoms with E-state index in [1.165, 1.54) is 0 Å². The molecular formula is C8H15NO3. The summed E-state index contributed by atoms with van der Waals surface area (Å²) in [6.07, 6.45) is 0. The first-order valence-electron chi connectivity index (χ1n) is 4.18. The fourth-order valence-corrected chi connectivity index (χ4v) is 1.25. The molecule has 70 valence electrons. The largest absolute Gasteiger partial charge is 0.394 e. The van der Waals surface area contributed by atoms with Crippen LogP contribution < -0.4 is 0 Å². The molecule has 0 aromatic rings. The molecule has 0 aromatic carbocycles. The molecule has 0 radical (unpaired) electrons. The first kappa shape index (κ1) is 9.48. The lowest BCUT2D eigenvalue weighted by Crippen LogP contribution is -2.50. The standard InChI is InChI=1S/C8H15NO3/c1-7(11)9-4-8(5-9)6-12-3-2-10/h8,10H,2-6H2,1H3. The van der Waals surface area contributed by atoms with Crippen LogP contribution in [0, 0.1) is 5.92 Å². The summed E-state index contributed by atoms with van der Waals surface area (Å²) in [5.74, 6) is 0.605. The molecular weight excluding hydrogens is 158 g/mol. The molecule has 1 amide bonds. The third kappa shape index (κ3) is 2.46. The Labute approximate surface area is 72.1 Å². The highest BCUT2D eigenvalue weighted by atomic mass is 16.5. The SMILES string of the molecule is CC(=O)N1CC(COCCO)C1. The lowest BCUT2D eigenvalue weighted by atomic mass is 10.0. The highest BCUT2D eigenvalue weighted by molar-refractivity contribution is 5.74. The molecule has 0 spiro atoms. The molecule has 1 fully saturated rings. The molecule has 0 atom stereocenters. The maximum Gasteiger partial charge on any atom is 0.219 e. The second-order valence-electron chi connectivity index (χ2n) is 3.09. The molecule has 12 heavy (non-hydrogen) atoms. The summed E-state index contributed by atoms with van der Waals surface area (Å²) in [6, 6.07) is 0. The van der Waals surface area contributed by atoms with Crippen LogP contribution in [0.25, 0.3) is 0 Å². The summed E-state index contributed by atoms with van der Waals surface area (Å²) in [6.45, 7) is 4.32. The topological polar surface area (TPSA) is 49.8 Å². The Hall–Kier alpha value is -0.610. The number of aliphatic hydroxyl groups excluding tert-OH is 1. The van der Waals surface area contributed by atoms with Gasteiger partial charge in [0.25, 0.3) is 0 Å². The van der Waals surface area contributed by atoms with Crippen LogP contribution >= 0.6 is 0 Å². The predicted octanol–water partition coefficient (Wildman–Crippen LogP) is -0.526. The maximum atomic E-state index is 10.7. The number of likely N-dealkylation sites (tertiary alicyclic amines) is 1. The normalized spacial score (nSPS) is 17.7. The van der Waals surface area contributed by atoms with Crippen LogP contribution in [0.2, 0.25) is 0 Å². The number of aliphatic hydroxyl groups is 1. The minimum absolute atomic E-state index is 0.0726. The summed E-state index contributed by atoms with van der Waals surface area (Å²) < 4.78 is 5.13. The van der Waals surface area contributed by atoms with E-state index in [0.29, 0.717) is 19.1 Å². The van der Waals surface area contributed by atoms with Gasteiger partial charge in [-0.25, -0.2) is 0 Å². The molecule has 0 aliphatic carbocycles. The Morgan fingerprint density at radius 1 is 1.67 bits per heavy atom. The highest BCUT2D eigenvalue weighted by Gasteiger charge is 2.28.